The molecule has 3 heterocycles. The van der Waals surface area contributed by atoms with E-state index in [-0.39, 0.29) is 5.15 Å². The molecule has 1 aliphatic heterocycles. The average molecular weight is 436 g/mol. The maximum atomic E-state index is 12.4. The van der Waals surface area contributed by atoms with Gasteiger partial charge in [-0.3, -0.25) is 0 Å². The number of halogens is 1. The Bertz CT molecular complexity index is 1160. The number of fused-ring (bicyclic) bond motifs is 1. The van der Waals surface area contributed by atoms with E-state index in [0.717, 1.165) is 26.6 Å². The molecule has 1 aliphatic rings. The molecule has 146 valence electrons. The number of rotatable bonds is 5. The molecule has 1 atom stereocenters. The summed E-state index contributed by atoms with van der Waals surface area (Å²) in [6.07, 6.45) is 1.59. The van der Waals surface area contributed by atoms with E-state index in [1.165, 1.54) is 11.3 Å². The Labute approximate surface area is 172 Å². The molecule has 0 saturated carbocycles. The average Bonchev–Trinajstić information content (AvgIpc) is 3.30. The van der Waals surface area contributed by atoms with Crippen LogP contribution in [0.3, 0.4) is 0 Å². The third kappa shape index (κ3) is 3.59. The second-order valence-electron chi connectivity index (χ2n) is 6.44. The summed E-state index contributed by atoms with van der Waals surface area (Å²) in [6, 6.07) is 10.8. The lowest BCUT2D eigenvalue weighted by Gasteiger charge is -2.22. The predicted molar refractivity (Wildman–Crippen MR) is 113 cm³/mol. The molecule has 6 nitrogen and oxygen atoms in total. The summed E-state index contributed by atoms with van der Waals surface area (Å²) in [4.78, 5) is 5.43. The van der Waals surface area contributed by atoms with Crippen molar-refractivity contribution >= 4 is 49.6 Å². The number of hydrazone groups is 1. The van der Waals surface area contributed by atoms with Gasteiger partial charge in [-0.1, -0.05) is 17.7 Å². The van der Waals surface area contributed by atoms with E-state index in [9.17, 15) is 8.42 Å². The second-order valence-corrected chi connectivity index (χ2v) is 9.58. The maximum absolute atomic E-state index is 12.4. The summed E-state index contributed by atoms with van der Waals surface area (Å²) in [5.74, 6) is 0.716. The monoisotopic (exact) mass is 435 g/mol. The van der Waals surface area contributed by atoms with Crippen LogP contribution in [-0.2, 0) is 10.0 Å². The number of thiophene rings is 1. The minimum atomic E-state index is -3.56. The van der Waals surface area contributed by atoms with Crippen molar-refractivity contribution in [2.45, 2.75) is 19.4 Å². The fourth-order valence-corrected chi connectivity index (χ4v) is 5.14. The molecule has 0 radical (unpaired) electrons. The van der Waals surface area contributed by atoms with Gasteiger partial charge in [0.05, 0.1) is 35.0 Å². The SMILES string of the molecule is CCOc1ccc2cc([C@@H]3CC(c4cccs4)=NN3S(C)(=O)=O)c(Cl)nc2c1. The Morgan fingerprint density at radius 3 is 2.82 bits per heavy atom. The number of benzene rings is 1. The molecule has 0 spiro atoms. The van der Waals surface area contributed by atoms with Crippen LogP contribution in [0, 0.1) is 0 Å². The molecule has 4 rings (SSSR count). The van der Waals surface area contributed by atoms with E-state index in [0.29, 0.717) is 29.9 Å². The highest BCUT2D eigenvalue weighted by Gasteiger charge is 2.36. The highest BCUT2D eigenvalue weighted by molar-refractivity contribution is 7.88. The molecule has 0 N–H and O–H groups in total. The van der Waals surface area contributed by atoms with Gasteiger partial charge in [0.2, 0.25) is 10.0 Å². The molecule has 0 unspecified atom stereocenters. The van der Waals surface area contributed by atoms with Gasteiger partial charge < -0.3 is 4.74 Å². The van der Waals surface area contributed by atoms with Crippen LogP contribution < -0.4 is 4.74 Å². The van der Waals surface area contributed by atoms with Gasteiger partial charge in [0.15, 0.2) is 0 Å². The molecule has 0 saturated heterocycles. The number of aromatic nitrogens is 1. The first-order chi connectivity index (χ1) is 13.4. The smallest absolute Gasteiger partial charge is 0.247 e. The number of hydrogen-bond acceptors (Lipinski definition) is 6. The van der Waals surface area contributed by atoms with Crippen LogP contribution in [-0.4, -0.2) is 36.4 Å². The molecule has 0 bridgehead atoms. The van der Waals surface area contributed by atoms with Gasteiger partial charge in [0, 0.05) is 23.4 Å². The maximum Gasteiger partial charge on any atom is 0.247 e. The van der Waals surface area contributed by atoms with Crippen LogP contribution >= 0.6 is 22.9 Å². The van der Waals surface area contributed by atoms with E-state index in [1.807, 2.05) is 48.7 Å². The van der Waals surface area contributed by atoms with Crippen molar-refractivity contribution in [3.05, 3.63) is 57.4 Å². The van der Waals surface area contributed by atoms with Crippen molar-refractivity contribution in [3.63, 3.8) is 0 Å². The molecule has 9 heteroatoms. The van der Waals surface area contributed by atoms with E-state index < -0.39 is 16.1 Å². The van der Waals surface area contributed by atoms with Crippen molar-refractivity contribution in [2.75, 3.05) is 12.9 Å². The number of pyridine rings is 1. The lowest BCUT2D eigenvalue weighted by Crippen LogP contribution is -2.26. The van der Waals surface area contributed by atoms with Crippen LogP contribution in [0.15, 0.2) is 46.9 Å². The zero-order valence-corrected chi connectivity index (χ0v) is 17.7. The summed E-state index contributed by atoms with van der Waals surface area (Å²) in [5.41, 5.74) is 2.07. The van der Waals surface area contributed by atoms with Gasteiger partial charge in [-0.2, -0.15) is 9.52 Å². The minimum Gasteiger partial charge on any atom is -0.494 e. The highest BCUT2D eigenvalue weighted by Crippen LogP contribution is 2.39. The summed E-state index contributed by atoms with van der Waals surface area (Å²) in [5, 5.41) is 7.45. The van der Waals surface area contributed by atoms with E-state index in [4.69, 9.17) is 16.3 Å². The zero-order chi connectivity index (χ0) is 19.9. The number of nitrogens with zero attached hydrogens (tertiary/aromatic N) is 3. The van der Waals surface area contributed by atoms with E-state index >= 15 is 0 Å². The van der Waals surface area contributed by atoms with Gasteiger partial charge in [-0.25, -0.2) is 13.4 Å². The normalized spacial score (nSPS) is 17.2. The Kier molecular flexibility index (Phi) is 5.03. The first-order valence-corrected chi connectivity index (χ1v) is 11.8. The van der Waals surface area contributed by atoms with Crippen LogP contribution in [0.25, 0.3) is 10.9 Å². The molecule has 1 aromatic carbocycles. The first kappa shape index (κ1) is 19.2. The fourth-order valence-electron chi connectivity index (χ4n) is 3.25. The molecule has 0 amide bonds. The van der Waals surface area contributed by atoms with Crippen molar-refractivity contribution < 1.29 is 13.2 Å². The number of sulfonamides is 1. The first-order valence-electron chi connectivity index (χ1n) is 8.70. The van der Waals surface area contributed by atoms with Gasteiger partial charge in [-0.05, 0) is 36.6 Å². The second kappa shape index (κ2) is 7.35. The largest absolute Gasteiger partial charge is 0.494 e. The highest BCUT2D eigenvalue weighted by atomic mass is 35.5. The van der Waals surface area contributed by atoms with Gasteiger partial charge in [0.1, 0.15) is 10.9 Å². The van der Waals surface area contributed by atoms with E-state index in [2.05, 4.69) is 10.1 Å². The minimum absolute atomic E-state index is 0.266. The molecule has 2 aromatic heterocycles. The molecule has 0 fully saturated rings. The molecule has 28 heavy (non-hydrogen) atoms. The summed E-state index contributed by atoms with van der Waals surface area (Å²) >= 11 is 8.01. The number of hydrogen-bond donors (Lipinski definition) is 0. The third-order valence-electron chi connectivity index (χ3n) is 4.46. The van der Waals surface area contributed by atoms with Gasteiger partial charge in [0.25, 0.3) is 0 Å². The standard InChI is InChI=1S/C19H18ClN3O3S2/c1-3-26-13-7-6-12-9-14(19(20)21-15(12)10-13)17-11-16(18-5-4-8-27-18)22-23(17)28(2,24)25/h4-10,17H,3,11H2,1-2H3/t17-/m0/s1. The predicted octanol–water partition coefficient (Wildman–Crippen LogP) is 4.46. The van der Waals surface area contributed by atoms with Crippen LogP contribution in [0.4, 0.5) is 0 Å². The quantitative estimate of drug-likeness (QED) is 0.554. The van der Waals surface area contributed by atoms with Crippen LogP contribution in [0.2, 0.25) is 5.15 Å². The third-order valence-corrected chi connectivity index (χ3v) is 6.70. The number of ether oxygens (including phenoxy) is 1. The van der Waals surface area contributed by atoms with Crippen LogP contribution in [0.1, 0.15) is 29.8 Å². The lowest BCUT2D eigenvalue weighted by molar-refractivity contribution is 0.340. The van der Waals surface area contributed by atoms with Crippen molar-refractivity contribution in [3.8, 4) is 5.75 Å². The Morgan fingerprint density at radius 1 is 1.32 bits per heavy atom. The summed E-state index contributed by atoms with van der Waals surface area (Å²) in [6.45, 7) is 2.48. The van der Waals surface area contributed by atoms with Crippen molar-refractivity contribution in [1.82, 2.24) is 9.40 Å². The topological polar surface area (TPSA) is 71.9 Å². The lowest BCUT2D eigenvalue weighted by atomic mass is 10.0. The fraction of sp³-hybridized carbons (Fsp3) is 0.263. The molecule has 0 aliphatic carbocycles. The van der Waals surface area contributed by atoms with E-state index in [1.54, 1.807) is 0 Å². The summed E-state index contributed by atoms with van der Waals surface area (Å²) in [7, 11) is -3.56. The van der Waals surface area contributed by atoms with Gasteiger partial charge >= 0.3 is 0 Å². The molecular weight excluding hydrogens is 418 g/mol. The van der Waals surface area contributed by atoms with Gasteiger partial charge in [-0.15, -0.1) is 11.3 Å². The Hall–Kier alpha value is -2.16. The Balaban J connectivity index is 1.77. The van der Waals surface area contributed by atoms with Crippen molar-refractivity contribution in [1.29, 1.82) is 0 Å². The zero-order valence-electron chi connectivity index (χ0n) is 15.3. The molecule has 3 aromatic rings. The van der Waals surface area contributed by atoms with Crippen molar-refractivity contribution in [2.24, 2.45) is 5.10 Å². The van der Waals surface area contributed by atoms with Crippen LogP contribution in [0.5, 0.6) is 5.75 Å². The molecular formula is C19H18ClN3O3S2. The summed E-state index contributed by atoms with van der Waals surface area (Å²) < 4.78 is 31.4. The Morgan fingerprint density at radius 2 is 2.14 bits per heavy atom.